The van der Waals surface area contributed by atoms with Crippen LogP contribution < -0.4 is 20.5 Å². The predicted molar refractivity (Wildman–Crippen MR) is 96.5 cm³/mol. The second kappa shape index (κ2) is 8.09. The molecule has 1 aromatic heterocycles. The van der Waals surface area contributed by atoms with Crippen LogP contribution in [0, 0.1) is 6.92 Å². The molecular weight excluding hydrogens is 360 g/mol. The van der Waals surface area contributed by atoms with E-state index in [0.29, 0.717) is 5.56 Å². The fraction of sp³-hybridized carbons (Fsp3) is 0.353. The Morgan fingerprint density at radius 3 is 2.65 bits per heavy atom. The van der Waals surface area contributed by atoms with Gasteiger partial charge in [0, 0.05) is 23.9 Å². The average molecular weight is 381 g/mol. The fourth-order valence-electron chi connectivity index (χ4n) is 2.43. The van der Waals surface area contributed by atoms with E-state index in [1.54, 1.807) is 10.9 Å². The second-order valence-electron chi connectivity index (χ2n) is 5.75. The van der Waals surface area contributed by atoms with Crippen LogP contribution in [0.3, 0.4) is 0 Å². The lowest BCUT2D eigenvalue weighted by molar-refractivity contribution is -0.119. The number of methoxy groups -OCH3 is 1. The van der Waals surface area contributed by atoms with Gasteiger partial charge in [-0.2, -0.15) is 5.10 Å². The molecule has 2 aromatic rings. The number of aromatic nitrogens is 2. The number of carbonyl (C=O) groups excluding carboxylic acids is 2. The van der Waals surface area contributed by atoms with Gasteiger partial charge in [-0.15, -0.1) is 0 Å². The number of primary amides is 1. The molecule has 9 heteroatoms. The zero-order valence-electron chi connectivity index (χ0n) is 15.0. The van der Waals surface area contributed by atoms with Crippen molar-refractivity contribution < 1.29 is 19.1 Å². The van der Waals surface area contributed by atoms with Crippen molar-refractivity contribution in [2.75, 3.05) is 13.7 Å². The van der Waals surface area contributed by atoms with Crippen LogP contribution in [0.25, 0.3) is 0 Å². The summed E-state index contributed by atoms with van der Waals surface area (Å²) in [5.41, 5.74) is 7.24. The quantitative estimate of drug-likeness (QED) is 0.760. The number of carbonyl (C=O) groups is 2. The van der Waals surface area contributed by atoms with Gasteiger partial charge in [0.15, 0.2) is 18.1 Å². The topological polar surface area (TPSA) is 108 Å². The van der Waals surface area contributed by atoms with E-state index in [1.165, 1.54) is 19.2 Å². The van der Waals surface area contributed by atoms with Crippen LogP contribution in [0.5, 0.6) is 11.5 Å². The number of nitrogens with two attached hydrogens (primary N) is 1. The molecule has 26 heavy (non-hydrogen) atoms. The fourth-order valence-corrected chi connectivity index (χ4v) is 2.70. The van der Waals surface area contributed by atoms with Crippen molar-refractivity contribution in [3.63, 3.8) is 0 Å². The minimum absolute atomic E-state index is 0.140. The van der Waals surface area contributed by atoms with E-state index >= 15 is 0 Å². The lowest BCUT2D eigenvalue weighted by atomic mass is 10.1. The molecule has 3 N–H and O–H groups in total. The third-order valence-corrected chi connectivity index (χ3v) is 4.22. The molecule has 2 amide bonds. The Kier molecular flexibility index (Phi) is 6.10. The zero-order valence-corrected chi connectivity index (χ0v) is 15.8. The van der Waals surface area contributed by atoms with E-state index in [9.17, 15) is 9.59 Å². The first-order valence-corrected chi connectivity index (χ1v) is 8.20. The standard InChI is InChI=1S/C17H21ClN4O4/c1-9(12-7-20-22(3)10(12)2)21-17(24)11-5-13(18)16(14(6-11)25-4)26-8-15(19)23/h5-7,9H,8H2,1-4H3,(H2,19,23)(H,21,24). The molecule has 140 valence electrons. The second-order valence-corrected chi connectivity index (χ2v) is 6.16. The largest absolute Gasteiger partial charge is 0.493 e. The van der Waals surface area contributed by atoms with E-state index in [1.807, 2.05) is 20.9 Å². The van der Waals surface area contributed by atoms with Crippen molar-refractivity contribution in [3.8, 4) is 11.5 Å². The van der Waals surface area contributed by atoms with Crippen molar-refractivity contribution in [2.24, 2.45) is 12.8 Å². The third-order valence-electron chi connectivity index (χ3n) is 3.94. The van der Waals surface area contributed by atoms with Gasteiger partial charge in [0.05, 0.1) is 24.4 Å². The summed E-state index contributed by atoms with van der Waals surface area (Å²) in [5.74, 6) is -0.595. The van der Waals surface area contributed by atoms with Gasteiger partial charge in [-0.1, -0.05) is 11.6 Å². The summed E-state index contributed by atoms with van der Waals surface area (Å²) in [6, 6.07) is 2.69. The molecule has 1 aromatic carbocycles. The Balaban J connectivity index is 2.22. The smallest absolute Gasteiger partial charge is 0.255 e. The van der Waals surface area contributed by atoms with Gasteiger partial charge in [0.2, 0.25) is 0 Å². The molecule has 0 saturated carbocycles. The summed E-state index contributed by atoms with van der Waals surface area (Å²) in [6.07, 6.45) is 1.72. The van der Waals surface area contributed by atoms with Crippen molar-refractivity contribution in [3.05, 3.63) is 40.2 Å². The van der Waals surface area contributed by atoms with Crippen molar-refractivity contribution in [2.45, 2.75) is 19.9 Å². The lowest BCUT2D eigenvalue weighted by Crippen LogP contribution is -2.27. The summed E-state index contributed by atoms with van der Waals surface area (Å²) in [4.78, 5) is 23.5. The van der Waals surface area contributed by atoms with Gasteiger partial charge in [-0.3, -0.25) is 14.3 Å². The number of ether oxygens (including phenoxy) is 2. The average Bonchev–Trinajstić information content (AvgIpc) is 2.92. The molecule has 1 unspecified atom stereocenters. The molecule has 0 aliphatic rings. The molecule has 1 heterocycles. The normalized spacial score (nSPS) is 11.7. The molecule has 0 saturated heterocycles. The first kappa shape index (κ1) is 19.6. The van der Waals surface area contributed by atoms with Crippen molar-refractivity contribution in [1.82, 2.24) is 15.1 Å². The summed E-state index contributed by atoms with van der Waals surface area (Å²) in [5, 5.41) is 7.21. The maximum Gasteiger partial charge on any atom is 0.255 e. The molecule has 0 aliphatic heterocycles. The van der Waals surface area contributed by atoms with Gasteiger partial charge < -0.3 is 20.5 Å². The van der Waals surface area contributed by atoms with E-state index in [-0.39, 0.29) is 35.1 Å². The number of halogens is 1. The molecular formula is C17H21ClN4O4. The SMILES string of the molecule is COc1cc(C(=O)NC(C)c2cnn(C)c2C)cc(Cl)c1OCC(N)=O. The summed E-state index contributed by atoms with van der Waals surface area (Å²) in [6.45, 7) is 3.44. The summed E-state index contributed by atoms with van der Waals surface area (Å²) < 4.78 is 12.2. The Hall–Kier alpha value is -2.74. The van der Waals surface area contributed by atoms with Crippen LogP contribution in [0.2, 0.25) is 5.02 Å². The number of aryl methyl sites for hydroxylation is 1. The maximum atomic E-state index is 12.6. The van der Waals surface area contributed by atoms with E-state index in [4.69, 9.17) is 26.8 Å². The van der Waals surface area contributed by atoms with Gasteiger partial charge in [0.25, 0.3) is 11.8 Å². The minimum Gasteiger partial charge on any atom is -0.493 e. The van der Waals surface area contributed by atoms with Crippen molar-refractivity contribution >= 4 is 23.4 Å². The summed E-state index contributed by atoms with van der Waals surface area (Å²) >= 11 is 6.17. The molecule has 0 fully saturated rings. The van der Waals surface area contributed by atoms with Gasteiger partial charge in [-0.25, -0.2) is 0 Å². The van der Waals surface area contributed by atoms with Crippen LogP contribution in [-0.4, -0.2) is 35.3 Å². The number of amides is 2. The molecule has 0 aliphatic carbocycles. The number of nitrogens with one attached hydrogen (secondary N) is 1. The molecule has 0 spiro atoms. The molecule has 2 rings (SSSR count). The highest BCUT2D eigenvalue weighted by atomic mass is 35.5. The Morgan fingerprint density at radius 1 is 1.42 bits per heavy atom. The first-order chi connectivity index (χ1) is 12.2. The van der Waals surface area contributed by atoms with Gasteiger partial charge in [0.1, 0.15) is 0 Å². The van der Waals surface area contributed by atoms with Gasteiger partial charge >= 0.3 is 0 Å². The molecule has 0 bridgehead atoms. The number of hydrogen-bond acceptors (Lipinski definition) is 5. The predicted octanol–water partition coefficient (Wildman–Crippen LogP) is 1.75. The van der Waals surface area contributed by atoms with Crippen LogP contribution in [-0.2, 0) is 11.8 Å². The minimum atomic E-state index is -0.648. The number of nitrogens with zero attached hydrogens (tertiary/aromatic N) is 2. The summed E-state index contributed by atoms with van der Waals surface area (Å²) in [7, 11) is 3.24. The molecule has 8 nitrogen and oxygen atoms in total. The maximum absolute atomic E-state index is 12.6. The van der Waals surface area contributed by atoms with E-state index in [2.05, 4.69) is 10.4 Å². The van der Waals surface area contributed by atoms with Crippen molar-refractivity contribution in [1.29, 1.82) is 0 Å². The molecule has 1 atom stereocenters. The monoisotopic (exact) mass is 380 g/mol. The van der Waals surface area contributed by atoms with Crippen LogP contribution >= 0.6 is 11.6 Å². The van der Waals surface area contributed by atoms with E-state index in [0.717, 1.165) is 11.3 Å². The number of benzene rings is 1. The third kappa shape index (κ3) is 4.26. The Morgan fingerprint density at radius 2 is 2.12 bits per heavy atom. The van der Waals surface area contributed by atoms with Gasteiger partial charge in [-0.05, 0) is 26.0 Å². The number of rotatable bonds is 7. The zero-order chi connectivity index (χ0) is 19.4. The highest BCUT2D eigenvalue weighted by molar-refractivity contribution is 6.32. The highest BCUT2D eigenvalue weighted by Gasteiger charge is 2.19. The van der Waals surface area contributed by atoms with Crippen LogP contribution in [0.1, 0.15) is 34.6 Å². The Bertz CT molecular complexity index is 834. The van der Waals surface area contributed by atoms with E-state index < -0.39 is 5.91 Å². The van der Waals surface area contributed by atoms with Crippen LogP contribution in [0.15, 0.2) is 18.3 Å². The lowest BCUT2D eigenvalue weighted by Gasteiger charge is -2.16. The highest BCUT2D eigenvalue weighted by Crippen LogP contribution is 2.36. The first-order valence-electron chi connectivity index (χ1n) is 7.82. The number of hydrogen-bond donors (Lipinski definition) is 2. The van der Waals surface area contributed by atoms with Crippen LogP contribution in [0.4, 0.5) is 0 Å². The molecule has 0 radical (unpaired) electrons. The Labute approximate surface area is 156 Å².